The molecule has 2 aromatic rings. The van der Waals surface area contributed by atoms with E-state index in [0.29, 0.717) is 47.1 Å². The molecule has 8 nitrogen and oxygen atoms in total. The highest BCUT2D eigenvalue weighted by atomic mass is 35.5. The third-order valence-corrected chi connectivity index (χ3v) is 5.50. The molecule has 3 heterocycles. The third-order valence-electron chi connectivity index (χ3n) is 4.55. The molecule has 144 valence electrons. The highest BCUT2D eigenvalue weighted by Crippen LogP contribution is 2.29. The van der Waals surface area contributed by atoms with Crippen LogP contribution in [0.15, 0.2) is 18.5 Å². The number of rotatable bonds is 4. The highest BCUT2D eigenvalue weighted by Gasteiger charge is 2.25. The van der Waals surface area contributed by atoms with Crippen LogP contribution >= 0.6 is 23.2 Å². The van der Waals surface area contributed by atoms with Gasteiger partial charge in [0.25, 0.3) is 5.91 Å². The van der Waals surface area contributed by atoms with Gasteiger partial charge in [-0.25, -0.2) is 4.79 Å². The van der Waals surface area contributed by atoms with Crippen molar-refractivity contribution in [2.45, 2.75) is 25.8 Å². The average molecular weight is 413 g/mol. The van der Waals surface area contributed by atoms with Crippen molar-refractivity contribution in [2.24, 2.45) is 0 Å². The van der Waals surface area contributed by atoms with Gasteiger partial charge in [0.05, 0.1) is 10.0 Å². The summed E-state index contributed by atoms with van der Waals surface area (Å²) in [7, 11) is 0. The monoisotopic (exact) mass is 412 g/mol. The minimum absolute atomic E-state index is 0.0609. The van der Waals surface area contributed by atoms with Gasteiger partial charge in [-0.3, -0.25) is 4.79 Å². The first kappa shape index (κ1) is 19.3. The summed E-state index contributed by atoms with van der Waals surface area (Å²) in [5.41, 5.74) is 1.35. The summed E-state index contributed by atoms with van der Waals surface area (Å²) in [6.45, 7) is 2.88. The molecular formula is C17H18Cl2N4O4. The van der Waals surface area contributed by atoms with E-state index in [-0.39, 0.29) is 28.2 Å². The standard InChI is InChI=1S/C17H18Cl2N4O4/c1-9-13(18)14(19)15(20-9)16(24)21-11-2-4-22(5-3-11)12-6-10(17(25)26)7-23(27)8-12/h6-8,11,20H,2-5H2,1H3,(H,21,24)(H,25,26). The zero-order valence-corrected chi connectivity index (χ0v) is 16.0. The predicted molar refractivity (Wildman–Crippen MR) is 101 cm³/mol. The van der Waals surface area contributed by atoms with E-state index in [1.807, 2.05) is 4.90 Å². The molecule has 3 rings (SSSR count). The second kappa shape index (κ2) is 7.66. The van der Waals surface area contributed by atoms with Gasteiger partial charge in [0.15, 0.2) is 6.20 Å². The van der Waals surface area contributed by atoms with Crippen molar-refractivity contribution in [1.29, 1.82) is 0 Å². The number of carbonyl (C=O) groups is 2. The predicted octanol–water partition coefficient (Wildman–Crippen LogP) is 2.36. The summed E-state index contributed by atoms with van der Waals surface area (Å²) in [5, 5.41) is 24.2. The number of aryl methyl sites for hydroxylation is 1. The molecular weight excluding hydrogens is 395 g/mol. The number of aromatic carboxylic acids is 1. The van der Waals surface area contributed by atoms with Crippen LogP contribution < -0.4 is 14.9 Å². The second-order valence-corrected chi connectivity index (χ2v) is 7.19. The fraction of sp³-hybridized carbons (Fsp3) is 0.353. The topological polar surface area (TPSA) is 112 Å². The summed E-state index contributed by atoms with van der Waals surface area (Å²) in [6, 6.07) is 1.41. The number of aromatic nitrogens is 2. The van der Waals surface area contributed by atoms with Crippen LogP contribution in [-0.2, 0) is 0 Å². The first-order valence-corrected chi connectivity index (χ1v) is 9.08. The molecule has 10 heteroatoms. The largest absolute Gasteiger partial charge is 0.619 e. The molecule has 0 aliphatic carbocycles. The lowest BCUT2D eigenvalue weighted by Crippen LogP contribution is -2.45. The molecule has 0 atom stereocenters. The number of aromatic amines is 1. The number of nitrogens with zero attached hydrogens (tertiary/aromatic N) is 2. The molecule has 0 saturated carbocycles. The number of piperidine rings is 1. The van der Waals surface area contributed by atoms with E-state index in [9.17, 15) is 14.8 Å². The van der Waals surface area contributed by atoms with Gasteiger partial charge in [0.2, 0.25) is 6.20 Å². The lowest BCUT2D eigenvalue weighted by Gasteiger charge is -2.33. The molecule has 0 unspecified atom stereocenters. The number of H-pyrrole nitrogens is 1. The quantitative estimate of drug-likeness (QED) is 0.526. The second-order valence-electron chi connectivity index (χ2n) is 6.44. The molecule has 0 radical (unpaired) electrons. The fourth-order valence-electron chi connectivity index (χ4n) is 3.10. The van der Waals surface area contributed by atoms with Crippen LogP contribution in [0.2, 0.25) is 10.0 Å². The maximum Gasteiger partial charge on any atom is 0.341 e. The normalized spacial score (nSPS) is 15.0. The van der Waals surface area contributed by atoms with E-state index in [2.05, 4.69) is 10.3 Å². The van der Waals surface area contributed by atoms with Crippen molar-refractivity contribution in [2.75, 3.05) is 18.0 Å². The minimum Gasteiger partial charge on any atom is -0.619 e. The molecule has 1 aliphatic heterocycles. The molecule has 1 aliphatic rings. The van der Waals surface area contributed by atoms with Crippen LogP contribution in [0.1, 0.15) is 39.4 Å². The van der Waals surface area contributed by atoms with Crippen molar-refractivity contribution < 1.29 is 19.4 Å². The van der Waals surface area contributed by atoms with Gasteiger partial charge < -0.3 is 25.5 Å². The minimum atomic E-state index is -1.15. The van der Waals surface area contributed by atoms with Crippen molar-refractivity contribution in [3.8, 4) is 0 Å². The van der Waals surface area contributed by atoms with Gasteiger partial charge >= 0.3 is 5.97 Å². The Bertz CT molecular complexity index is 891. The van der Waals surface area contributed by atoms with Gasteiger partial charge in [-0.1, -0.05) is 23.2 Å². The Balaban J connectivity index is 1.63. The summed E-state index contributed by atoms with van der Waals surface area (Å²) in [5.74, 6) is -1.47. The van der Waals surface area contributed by atoms with Crippen molar-refractivity contribution >= 4 is 40.8 Å². The van der Waals surface area contributed by atoms with Crippen LogP contribution in [-0.4, -0.2) is 41.1 Å². The Morgan fingerprint density at radius 3 is 2.52 bits per heavy atom. The first-order valence-electron chi connectivity index (χ1n) is 8.32. The zero-order valence-electron chi connectivity index (χ0n) is 14.5. The number of nitrogens with one attached hydrogen (secondary N) is 2. The summed E-state index contributed by atoms with van der Waals surface area (Å²) in [6.07, 6.45) is 3.65. The van der Waals surface area contributed by atoms with E-state index in [4.69, 9.17) is 28.3 Å². The Morgan fingerprint density at radius 2 is 1.96 bits per heavy atom. The van der Waals surface area contributed by atoms with Crippen LogP contribution in [0.25, 0.3) is 0 Å². The molecule has 0 spiro atoms. The van der Waals surface area contributed by atoms with E-state index >= 15 is 0 Å². The fourth-order valence-corrected chi connectivity index (χ4v) is 3.51. The Morgan fingerprint density at radius 1 is 1.30 bits per heavy atom. The summed E-state index contributed by atoms with van der Waals surface area (Å²) < 4.78 is 0.492. The van der Waals surface area contributed by atoms with Gasteiger partial charge in [-0.15, -0.1) is 0 Å². The highest BCUT2D eigenvalue weighted by molar-refractivity contribution is 6.44. The number of hydrogen-bond donors (Lipinski definition) is 3. The number of carboxylic acids is 1. The molecule has 2 aromatic heterocycles. The number of carboxylic acid groups (broad SMARTS) is 1. The lowest BCUT2D eigenvalue weighted by atomic mass is 10.0. The Labute approximate surface area is 165 Å². The molecule has 1 saturated heterocycles. The summed E-state index contributed by atoms with van der Waals surface area (Å²) >= 11 is 12.1. The number of carbonyl (C=O) groups excluding carboxylic acids is 1. The molecule has 0 bridgehead atoms. The van der Waals surface area contributed by atoms with Crippen molar-refractivity contribution in [3.05, 3.63) is 50.7 Å². The van der Waals surface area contributed by atoms with Crippen LogP contribution in [0.5, 0.6) is 0 Å². The number of halogens is 2. The first-order chi connectivity index (χ1) is 12.8. The van der Waals surface area contributed by atoms with Crippen LogP contribution in [0.4, 0.5) is 5.69 Å². The zero-order chi connectivity index (χ0) is 19.7. The maximum atomic E-state index is 12.4. The molecule has 1 fully saturated rings. The molecule has 0 aromatic carbocycles. The molecule has 27 heavy (non-hydrogen) atoms. The van der Waals surface area contributed by atoms with Crippen LogP contribution in [0, 0.1) is 12.1 Å². The van der Waals surface area contributed by atoms with E-state index in [1.165, 1.54) is 12.3 Å². The van der Waals surface area contributed by atoms with Gasteiger partial charge in [0.1, 0.15) is 16.9 Å². The average Bonchev–Trinajstić information content (AvgIpc) is 2.89. The SMILES string of the molecule is Cc1[nH]c(C(=O)NC2CCN(c3cc(C(=O)O)c[n+]([O-])c3)CC2)c(Cl)c1Cl. The van der Waals surface area contributed by atoms with Gasteiger partial charge in [-0.05, 0) is 25.8 Å². The molecule has 1 amide bonds. The number of hydrogen-bond acceptors (Lipinski definition) is 4. The Hall–Kier alpha value is -2.45. The smallest absolute Gasteiger partial charge is 0.341 e. The Kier molecular flexibility index (Phi) is 5.48. The van der Waals surface area contributed by atoms with Crippen LogP contribution in [0.3, 0.4) is 0 Å². The van der Waals surface area contributed by atoms with Crippen molar-refractivity contribution in [3.63, 3.8) is 0 Å². The molecule has 3 N–H and O–H groups in total. The van der Waals surface area contributed by atoms with Gasteiger partial charge in [0, 0.05) is 24.8 Å². The van der Waals surface area contributed by atoms with E-state index in [1.54, 1.807) is 6.92 Å². The number of anilines is 1. The van der Waals surface area contributed by atoms with E-state index in [0.717, 1.165) is 6.20 Å². The third kappa shape index (κ3) is 4.12. The number of amides is 1. The van der Waals surface area contributed by atoms with Crippen molar-refractivity contribution in [1.82, 2.24) is 10.3 Å². The number of pyridine rings is 1. The maximum absolute atomic E-state index is 12.4. The van der Waals surface area contributed by atoms with E-state index < -0.39 is 5.97 Å². The lowest BCUT2D eigenvalue weighted by molar-refractivity contribution is -0.604. The van der Waals surface area contributed by atoms with Gasteiger partial charge in [-0.2, -0.15) is 4.73 Å². The summed E-state index contributed by atoms with van der Waals surface area (Å²) in [4.78, 5) is 28.3.